The first-order chi connectivity index (χ1) is 9.16. The Morgan fingerprint density at radius 2 is 1.73 bits per heavy atom. The van der Waals surface area contributed by atoms with Crippen LogP contribution in [-0.2, 0) is 0 Å². The molecule has 2 aromatic rings. The Morgan fingerprint density at radius 1 is 1.09 bits per heavy atom. The van der Waals surface area contributed by atoms with Crippen LogP contribution in [0.15, 0.2) is 59.3 Å². The van der Waals surface area contributed by atoms with E-state index in [9.17, 15) is 0 Å². The molecule has 0 saturated carbocycles. The first-order valence-corrected chi connectivity index (χ1v) is 6.97. The molecule has 1 aromatic heterocycles. The Labute approximate surface area is 152 Å². The molecule has 0 atom stereocenters. The summed E-state index contributed by atoms with van der Waals surface area (Å²) in [5.74, 6) is 0. The minimum atomic E-state index is 0. The van der Waals surface area contributed by atoms with Gasteiger partial charge < -0.3 is 10.4 Å². The van der Waals surface area contributed by atoms with Crippen molar-refractivity contribution in [3.63, 3.8) is 0 Å². The molecular weight excluding hydrogens is 387 g/mol. The smallest absolute Gasteiger partial charge is 0.0346 e. The van der Waals surface area contributed by atoms with Crippen molar-refractivity contribution < 1.29 is 5.48 Å². The van der Waals surface area contributed by atoms with Crippen molar-refractivity contribution in [2.75, 3.05) is 20.6 Å². The van der Waals surface area contributed by atoms with E-state index in [2.05, 4.69) is 76.3 Å². The molecule has 0 spiro atoms. The molecule has 0 bridgehead atoms. The third kappa shape index (κ3) is 6.90. The van der Waals surface area contributed by atoms with Gasteiger partial charge in [-0.3, -0.25) is 4.98 Å². The minimum Gasteiger partial charge on any atom is -0.412 e. The van der Waals surface area contributed by atoms with Gasteiger partial charge in [0.15, 0.2) is 0 Å². The molecule has 0 unspecified atom stereocenters. The van der Waals surface area contributed by atoms with E-state index in [0.717, 1.165) is 16.6 Å². The highest BCUT2D eigenvalue weighted by atomic mass is 79.9. The number of hydrogen-bond acceptors (Lipinski definition) is 2. The van der Waals surface area contributed by atoms with Gasteiger partial charge in [0.25, 0.3) is 0 Å². The molecule has 22 heavy (non-hydrogen) atoms. The molecule has 1 aromatic carbocycles. The van der Waals surface area contributed by atoms with E-state index < -0.39 is 0 Å². The van der Waals surface area contributed by atoms with Crippen LogP contribution in [0, 0.1) is 0 Å². The van der Waals surface area contributed by atoms with Crippen molar-refractivity contribution in [2.45, 2.75) is 0 Å². The van der Waals surface area contributed by atoms with Gasteiger partial charge in [-0.15, -0.1) is 24.8 Å². The van der Waals surface area contributed by atoms with Gasteiger partial charge in [-0.25, -0.2) is 0 Å². The summed E-state index contributed by atoms with van der Waals surface area (Å²) in [6.07, 6.45) is 5.94. The summed E-state index contributed by atoms with van der Waals surface area (Å²) in [4.78, 5) is 6.36. The maximum atomic E-state index is 4.21. The zero-order valence-corrected chi connectivity index (χ0v) is 15.7. The van der Waals surface area contributed by atoms with Crippen LogP contribution >= 0.6 is 40.7 Å². The normalized spacial score (nSPS) is 10.3. The van der Waals surface area contributed by atoms with Crippen LogP contribution in [0.5, 0.6) is 0 Å². The van der Waals surface area contributed by atoms with Crippen LogP contribution < -0.4 is 0 Å². The molecule has 0 fully saturated rings. The second-order valence-electron chi connectivity index (χ2n) is 4.63. The average molecular weight is 408 g/mol. The second kappa shape index (κ2) is 11.6. The lowest BCUT2D eigenvalue weighted by Gasteiger charge is -2.11. The second-order valence-corrected chi connectivity index (χ2v) is 5.54. The molecule has 0 aliphatic rings. The van der Waals surface area contributed by atoms with Crippen molar-refractivity contribution in [3.05, 3.63) is 70.5 Å². The molecule has 3 nitrogen and oxygen atoms in total. The number of halogens is 3. The first kappa shape index (κ1) is 23.4. The molecule has 2 N–H and O–H groups in total. The summed E-state index contributed by atoms with van der Waals surface area (Å²) < 4.78 is 1.09. The lowest BCUT2D eigenvalue weighted by molar-refractivity contribution is 0.457. The van der Waals surface area contributed by atoms with Gasteiger partial charge in [0.05, 0.1) is 0 Å². The van der Waals surface area contributed by atoms with E-state index in [1.54, 1.807) is 6.20 Å². The first-order valence-electron chi connectivity index (χ1n) is 6.18. The van der Waals surface area contributed by atoms with Gasteiger partial charge >= 0.3 is 0 Å². The van der Waals surface area contributed by atoms with Crippen molar-refractivity contribution in [3.8, 4) is 0 Å². The van der Waals surface area contributed by atoms with Gasteiger partial charge in [0.2, 0.25) is 0 Å². The number of nitrogens with zero attached hydrogens (tertiary/aromatic N) is 2. The summed E-state index contributed by atoms with van der Waals surface area (Å²) in [5.41, 5.74) is 3.57. The Morgan fingerprint density at radius 3 is 2.23 bits per heavy atom. The molecule has 0 amide bonds. The SMILES string of the molecule is CN(C)C/C=C(\c1ccc(Br)cc1)c1cccnc1.Cl.Cl.O. The summed E-state index contributed by atoms with van der Waals surface area (Å²) >= 11 is 3.47. The number of pyridine rings is 1. The third-order valence-corrected chi connectivity index (χ3v) is 3.32. The standard InChI is InChI=1S/C16H17BrN2.2ClH.H2O/c1-19(2)11-9-16(14-4-3-10-18-12-14)13-5-7-15(17)8-6-13;;;/h3-10,12H,11H2,1-2H3;2*1H;1H2/b16-9+;;;. The maximum Gasteiger partial charge on any atom is 0.0346 e. The molecule has 1 heterocycles. The van der Waals surface area contributed by atoms with Crippen molar-refractivity contribution in [1.29, 1.82) is 0 Å². The Kier molecular flexibility index (Phi) is 12.3. The third-order valence-electron chi connectivity index (χ3n) is 2.79. The topological polar surface area (TPSA) is 47.6 Å². The van der Waals surface area contributed by atoms with E-state index in [1.807, 2.05) is 12.3 Å². The van der Waals surface area contributed by atoms with Gasteiger partial charge in [-0.2, -0.15) is 0 Å². The molecular formula is C16H21BrCl2N2O. The molecule has 0 radical (unpaired) electrons. The number of benzene rings is 1. The predicted octanol–water partition coefficient (Wildman–Crippen LogP) is 3.86. The van der Waals surface area contributed by atoms with E-state index in [-0.39, 0.29) is 30.3 Å². The summed E-state index contributed by atoms with van der Waals surface area (Å²) in [7, 11) is 4.14. The fourth-order valence-corrected chi connectivity index (χ4v) is 2.09. The van der Waals surface area contributed by atoms with Crippen molar-refractivity contribution in [2.24, 2.45) is 0 Å². The van der Waals surface area contributed by atoms with E-state index in [1.165, 1.54) is 11.1 Å². The highest BCUT2D eigenvalue weighted by Gasteiger charge is 2.05. The fraction of sp³-hybridized carbons (Fsp3) is 0.188. The fourth-order valence-electron chi connectivity index (χ4n) is 1.83. The van der Waals surface area contributed by atoms with E-state index in [4.69, 9.17) is 0 Å². The zero-order valence-electron chi connectivity index (χ0n) is 12.5. The number of hydrogen-bond donors (Lipinski definition) is 0. The molecule has 0 aliphatic heterocycles. The van der Waals surface area contributed by atoms with Crippen LogP contribution in [0.1, 0.15) is 11.1 Å². The molecule has 6 heteroatoms. The number of likely N-dealkylation sites (N-methyl/N-ethyl adjacent to an activating group) is 1. The Balaban J connectivity index is 0. The van der Waals surface area contributed by atoms with Crippen LogP contribution in [0.4, 0.5) is 0 Å². The maximum absolute atomic E-state index is 4.21. The van der Waals surface area contributed by atoms with E-state index in [0.29, 0.717) is 0 Å². The van der Waals surface area contributed by atoms with Crippen LogP contribution in [0.2, 0.25) is 0 Å². The highest BCUT2D eigenvalue weighted by Crippen LogP contribution is 2.24. The predicted molar refractivity (Wildman–Crippen MR) is 102 cm³/mol. The summed E-state index contributed by atoms with van der Waals surface area (Å²) in [6, 6.07) is 12.4. The lowest BCUT2D eigenvalue weighted by atomic mass is 9.99. The van der Waals surface area contributed by atoms with E-state index >= 15 is 0 Å². The van der Waals surface area contributed by atoms with Crippen molar-refractivity contribution >= 4 is 46.3 Å². The van der Waals surface area contributed by atoms with Crippen molar-refractivity contribution in [1.82, 2.24) is 9.88 Å². The quantitative estimate of drug-likeness (QED) is 0.772. The van der Waals surface area contributed by atoms with Crippen LogP contribution in [-0.4, -0.2) is 36.0 Å². The van der Waals surface area contributed by atoms with Gasteiger partial charge in [-0.05, 0) is 43.4 Å². The summed E-state index contributed by atoms with van der Waals surface area (Å²) in [6.45, 7) is 0.903. The molecule has 122 valence electrons. The monoisotopic (exact) mass is 406 g/mol. The summed E-state index contributed by atoms with van der Waals surface area (Å²) in [5, 5.41) is 0. The van der Waals surface area contributed by atoms with Crippen LogP contribution in [0.25, 0.3) is 5.57 Å². The van der Waals surface area contributed by atoms with Gasteiger partial charge in [0.1, 0.15) is 0 Å². The lowest BCUT2D eigenvalue weighted by Crippen LogP contribution is -2.11. The number of rotatable bonds is 4. The molecule has 0 saturated heterocycles. The Hall–Kier alpha value is -0.910. The molecule has 0 aliphatic carbocycles. The minimum absolute atomic E-state index is 0. The average Bonchev–Trinajstić information content (AvgIpc) is 2.42. The number of aromatic nitrogens is 1. The molecule has 2 rings (SSSR count). The van der Waals surface area contributed by atoms with Crippen LogP contribution in [0.3, 0.4) is 0 Å². The Bertz CT molecular complexity index is 560. The zero-order chi connectivity index (χ0) is 13.7. The van der Waals surface area contributed by atoms with Gasteiger partial charge in [-0.1, -0.05) is 40.2 Å². The highest BCUT2D eigenvalue weighted by molar-refractivity contribution is 9.10. The van der Waals surface area contributed by atoms with Gasteiger partial charge in [0, 0.05) is 29.0 Å². The largest absolute Gasteiger partial charge is 0.412 e.